The van der Waals surface area contributed by atoms with E-state index < -0.39 is 0 Å². The maximum atomic E-state index is 5.68. The Labute approximate surface area is 120 Å². The molecule has 3 N–H and O–H groups in total. The van der Waals surface area contributed by atoms with Gasteiger partial charge in [-0.15, -0.1) is 0 Å². The molecular formula is C15H24N4O. The van der Waals surface area contributed by atoms with Crippen LogP contribution in [0.25, 0.3) is 11.0 Å². The largest absolute Gasteiger partial charge is 0.379 e. The van der Waals surface area contributed by atoms with E-state index in [-0.39, 0.29) is 11.6 Å². The van der Waals surface area contributed by atoms with Crippen LogP contribution in [0.15, 0.2) is 24.3 Å². The molecule has 1 unspecified atom stereocenters. The molecule has 1 aromatic carbocycles. The van der Waals surface area contributed by atoms with Crippen LogP contribution in [0.4, 0.5) is 0 Å². The zero-order valence-electron chi connectivity index (χ0n) is 12.7. The third-order valence-electron chi connectivity index (χ3n) is 3.84. The molecule has 0 amide bonds. The molecule has 2 rings (SSSR count). The second-order valence-electron chi connectivity index (χ2n) is 5.81. The quantitative estimate of drug-likeness (QED) is 0.623. The summed E-state index contributed by atoms with van der Waals surface area (Å²) in [6.45, 7) is 4.12. The van der Waals surface area contributed by atoms with Crippen LogP contribution in [0.1, 0.15) is 26.1 Å². The fourth-order valence-corrected chi connectivity index (χ4v) is 2.47. The minimum absolute atomic E-state index is 0.125. The van der Waals surface area contributed by atoms with Crippen molar-refractivity contribution in [2.45, 2.75) is 38.3 Å². The van der Waals surface area contributed by atoms with Crippen molar-refractivity contribution in [3.8, 4) is 0 Å². The SMILES string of the molecule is COC(C)(C)CC(Cc1nc2ccccc2n1C)NN. The number of nitrogens with two attached hydrogens (primary N) is 1. The highest BCUT2D eigenvalue weighted by atomic mass is 16.5. The van der Waals surface area contributed by atoms with E-state index in [0.717, 1.165) is 29.7 Å². The molecule has 20 heavy (non-hydrogen) atoms. The topological polar surface area (TPSA) is 65.1 Å². The summed E-state index contributed by atoms with van der Waals surface area (Å²) in [7, 11) is 3.77. The Hall–Kier alpha value is -1.43. The Balaban J connectivity index is 2.19. The van der Waals surface area contributed by atoms with Crippen LogP contribution < -0.4 is 11.3 Å². The van der Waals surface area contributed by atoms with Crippen molar-refractivity contribution in [3.63, 3.8) is 0 Å². The first kappa shape index (κ1) is 15.0. The van der Waals surface area contributed by atoms with E-state index in [1.54, 1.807) is 7.11 Å². The predicted molar refractivity (Wildman–Crippen MR) is 81.2 cm³/mol. The molecule has 0 aliphatic carbocycles. The van der Waals surface area contributed by atoms with E-state index in [9.17, 15) is 0 Å². The van der Waals surface area contributed by atoms with Crippen molar-refractivity contribution in [1.82, 2.24) is 15.0 Å². The molecule has 2 aromatic rings. The molecule has 5 heteroatoms. The second kappa shape index (κ2) is 5.91. The summed E-state index contributed by atoms with van der Waals surface area (Å²) in [5.41, 5.74) is 4.84. The van der Waals surface area contributed by atoms with Crippen molar-refractivity contribution < 1.29 is 4.74 Å². The Kier molecular flexibility index (Phi) is 4.42. The summed E-state index contributed by atoms with van der Waals surface area (Å²) in [6, 6.07) is 8.27. The molecule has 0 aliphatic heterocycles. The summed E-state index contributed by atoms with van der Waals surface area (Å²) in [4.78, 5) is 4.68. The third kappa shape index (κ3) is 3.17. The first-order valence-corrected chi connectivity index (χ1v) is 6.88. The second-order valence-corrected chi connectivity index (χ2v) is 5.81. The van der Waals surface area contributed by atoms with E-state index in [0.29, 0.717) is 0 Å². The van der Waals surface area contributed by atoms with Gasteiger partial charge in [-0.3, -0.25) is 11.3 Å². The minimum Gasteiger partial charge on any atom is -0.379 e. The summed E-state index contributed by atoms with van der Waals surface area (Å²) >= 11 is 0. The molecule has 0 bridgehead atoms. The lowest BCUT2D eigenvalue weighted by Crippen LogP contribution is -2.43. The monoisotopic (exact) mass is 276 g/mol. The zero-order valence-corrected chi connectivity index (χ0v) is 12.7. The van der Waals surface area contributed by atoms with Crippen molar-refractivity contribution in [2.24, 2.45) is 12.9 Å². The molecule has 1 aromatic heterocycles. The Bertz CT molecular complexity index is 576. The highest BCUT2D eigenvalue weighted by Crippen LogP contribution is 2.20. The molecule has 0 aliphatic rings. The third-order valence-corrected chi connectivity index (χ3v) is 3.84. The first-order chi connectivity index (χ1) is 9.46. The summed E-state index contributed by atoms with van der Waals surface area (Å²) in [6.07, 6.45) is 1.59. The molecule has 1 atom stereocenters. The number of nitrogens with one attached hydrogen (secondary N) is 1. The van der Waals surface area contributed by atoms with Crippen LogP contribution in [0.3, 0.4) is 0 Å². The number of benzene rings is 1. The van der Waals surface area contributed by atoms with Crippen LogP contribution in [0.2, 0.25) is 0 Å². The molecular weight excluding hydrogens is 252 g/mol. The zero-order chi connectivity index (χ0) is 14.8. The standard InChI is InChI=1S/C15H24N4O/c1-15(2,20-4)10-11(18-16)9-14-17-12-7-5-6-8-13(12)19(14)3/h5-8,11,18H,9-10,16H2,1-4H3. The van der Waals surface area contributed by atoms with Crippen LogP contribution in [-0.4, -0.2) is 28.3 Å². The van der Waals surface area contributed by atoms with Gasteiger partial charge in [0.15, 0.2) is 0 Å². The predicted octanol–water partition coefficient (Wildman–Crippen LogP) is 1.76. The molecule has 5 nitrogen and oxygen atoms in total. The maximum Gasteiger partial charge on any atom is 0.111 e. The van der Waals surface area contributed by atoms with Gasteiger partial charge in [0.25, 0.3) is 0 Å². The molecule has 0 fully saturated rings. The van der Waals surface area contributed by atoms with E-state index >= 15 is 0 Å². The van der Waals surface area contributed by atoms with Crippen molar-refractivity contribution in [2.75, 3.05) is 7.11 Å². The van der Waals surface area contributed by atoms with Gasteiger partial charge in [-0.2, -0.15) is 0 Å². The van der Waals surface area contributed by atoms with Gasteiger partial charge >= 0.3 is 0 Å². The van der Waals surface area contributed by atoms with Gasteiger partial charge in [0.05, 0.1) is 16.6 Å². The van der Waals surface area contributed by atoms with Gasteiger partial charge in [-0.05, 0) is 32.4 Å². The molecule has 0 saturated heterocycles. The molecule has 1 heterocycles. The smallest absolute Gasteiger partial charge is 0.111 e. The first-order valence-electron chi connectivity index (χ1n) is 6.88. The molecule has 0 saturated carbocycles. The summed E-state index contributed by atoms with van der Waals surface area (Å²) < 4.78 is 7.60. The number of para-hydroxylation sites is 2. The Morgan fingerprint density at radius 3 is 2.70 bits per heavy atom. The van der Waals surface area contributed by atoms with Crippen molar-refractivity contribution in [1.29, 1.82) is 0 Å². The number of aromatic nitrogens is 2. The fourth-order valence-electron chi connectivity index (χ4n) is 2.47. The Morgan fingerprint density at radius 1 is 1.40 bits per heavy atom. The lowest BCUT2D eigenvalue weighted by atomic mass is 9.97. The van der Waals surface area contributed by atoms with Gasteiger partial charge in [0, 0.05) is 26.6 Å². The molecule has 0 radical (unpaired) electrons. The lowest BCUT2D eigenvalue weighted by molar-refractivity contribution is 0.00692. The van der Waals surface area contributed by atoms with Crippen LogP contribution in [0, 0.1) is 0 Å². The number of imidazole rings is 1. The number of aryl methyl sites for hydroxylation is 1. The summed E-state index contributed by atoms with van der Waals surface area (Å²) in [5, 5.41) is 0. The number of rotatable bonds is 6. The van der Waals surface area contributed by atoms with E-state index in [1.807, 2.05) is 25.2 Å². The highest BCUT2D eigenvalue weighted by molar-refractivity contribution is 5.75. The van der Waals surface area contributed by atoms with Crippen molar-refractivity contribution >= 4 is 11.0 Å². The average Bonchev–Trinajstić information content (AvgIpc) is 2.75. The summed E-state index contributed by atoms with van der Waals surface area (Å²) in [5.74, 6) is 6.71. The number of nitrogens with zero attached hydrogens (tertiary/aromatic N) is 2. The number of hydrazine groups is 1. The Morgan fingerprint density at radius 2 is 2.10 bits per heavy atom. The van der Waals surface area contributed by atoms with Gasteiger partial charge in [0.1, 0.15) is 5.82 Å². The molecule has 0 spiro atoms. The normalized spacial score (nSPS) is 13.8. The van der Waals surface area contributed by atoms with Gasteiger partial charge in [-0.25, -0.2) is 4.98 Å². The van der Waals surface area contributed by atoms with E-state index in [2.05, 4.69) is 34.9 Å². The highest BCUT2D eigenvalue weighted by Gasteiger charge is 2.23. The van der Waals surface area contributed by atoms with Gasteiger partial charge in [-0.1, -0.05) is 12.1 Å². The number of methoxy groups -OCH3 is 1. The van der Waals surface area contributed by atoms with Crippen LogP contribution >= 0.6 is 0 Å². The number of hydrogen-bond donors (Lipinski definition) is 2. The van der Waals surface area contributed by atoms with E-state index in [4.69, 9.17) is 10.6 Å². The van der Waals surface area contributed by atoms with Gasteiger partial charge < -0.3 is 9.30 Å². The average molecular weight is 276 g/mol. The number of fused-ring (bicyclic) bond motifs is 1. The fraction of sp³-hybridized carbons (Fsp3) is 0.533. The van der Waals surface area contributed by atoms with Gasteiger partial charge in [0.2, 0.25) is 0 Å². The van der Waals surface area contributed by atoms with Crippen molar-refractivity contribution in [3.05, 3.63) is 30.1 Å². The number of ether oxygens (including phenoxy) is 1. The van der Waals surface area contributed by atoms with E-state index in [1.165, 1.54) is 0 Å². The maximum absolute atomic E-state index is 5.68. The van der Waals surface area contributed by atoms with Crippen LogP contribution in [-0.2, 0) is 18.2 Å². The minimum atomic E-state index is -0.207. The molecule has 110 valence electrons. The number of hydrogen-bond acceptors (Lipinski definition) is 4. The van der Waals surface area contributed by atoms with Crippen LogP contribution in [0.5, 0.6) is 0 Å². The lowest BCUT2D eigenvalue weighted by Gasteiger charge is -2.28.